The quantitative estimate of drug-likeness (QED) is 0.185. The minimum absolute atomic E-state index is 0.0947. The van der Waals surface area contributed by atoms with Gasteiger partial charge in [-0.3, -0.25) is 0 Å². The molecule has 0 atom stereocenters. The predicted octanol–water partition coefficient (Wildman–Crippen LogP) is 13.6. The van der Waals surface area contributed by atoms with E-state index in [1.807, 2.05) is 12.1 Å². The summed E-state index contributed by atoms with van der Waals surface area (Å²) in [7, 11) is -1.76. The lowest BCUT2D eigenvalue weighted by molar-refractivity contribution is 0.590. The van der Waals surface area contributed by atoms with E-state index in [0.29, 0.717) is 0 Å². The van der Waals surface area contributed by atoms with Gasteiger partial charge in [0.05, 0.1) is 5.69 Å². The third kappa shape index (κ3) is 5.60. The van der Waals surface area contributed by atoms with Crippen molar-refractivity contribution in [2.75, 3.05) is 5.32 Å². The fraction of sp³-hybridized carbons (Fsp3) is 0.0870. The molecule has 0 bridgehead atoms. The number of para-hydroxylation sites is 1. The molecule has 0 saturated heterocycles. The molecule has 0 saturated carbocycles. The van der Waals surface area contributed by atoms with Gasteiger partial charge in [0.2, 0.25) is 0 Å². The fourth-order valence-electron chi connectivity index (χ4n) is 6.84. The summed E-state index contributed by atoms with van der Waals surface area (Å²) in [6.45, 7) is 6.73. The van der Waals surface area contributed by atoms with Gasteiger partial charge in [0.15, 0.2) is 5.58 Å². The summed E-state index contributed by atoms with van der Waals surface area (Å²) in [4.78, 5) is 5.24. The maximum Gasteiger partial charge on any atom is 0.158 e. The molecule has 0 spiro atoms. The number of furan rings is 1. The van der Waals surface area contributed by atoms with Crippen LogP contribution in [0, 0.1) is 0 Å². The molecule has 8 aromatic rings. The number of nitrogens with one attached hydrogen (secondary N) is 1. The van der Waals surface area contributed by atoms with Gasteiger partial charge in [-0.15, -0.1) is 10.0 Å². The molecule has 0 aliphatic rings. The topological polar surface area (TPSA) is 25.2 Å². The summed E-state index contributed by atoms with van der Waals surface area (Å²) in [6.07, 6.45) is 0. The predicted molar refractivity (Wildman–Crippen MR) is 208 cm³/mol. The Kier molecular flexibility index (Phi) is 7.86. The molecule has 2 nitrogen and oxygen atoms in total. The minimum Gasteiger partial charge on any atom is -0.454 e. The van der Waals surface area contributed by atoms with Crippen molar-refractivity contribution < 1.29 is 4.42 Å². The summed E-state index contributed by atoms with van der Waals surface area (Å²) in [6, 6.07) is 63.8. The molecule has 0 aliphatic carbocycles. The number of hydrogen-bond acceptors (Lipinski definition) is 2. The largest absolute Gasteiger partial charge is 0.454 e. The average molecular weight is 654 g/mol. The van der Waals surface area contributed by atoms with E-state index in [-0.39, 0.29) is 5.41 Å². The Labute approximate surface area is 290 Å². The van der Waals surface area contributed by atoms with Crippen molar-refractivity contribution >= 4 is 43.3 Å². The van der Waals surface area contributed by atoms with Crippen LogP contribution in [-0.4, -0.2) is 0 Å². The first kappa shape index (κ1) is 30.8. The van der Waals surface area contributed by atoms with Crippen molar-refractivity contribution in [1.82, 2.24) is 0 Å². The number of benzene rings is 7. The van der Waals surface area contributed by atoms with Crippen molar-refractivity contribution in [1.29, 1.82) is 0 Å². The molecule has 49 heavy (non-hydrogen) atoms. The zero-order chi connectivity index (χ0) is 33.4. The summed E-state index contributed by atoms with van der Waals surface area (Å²) in [5, 5.41) is 5.92. The molecule has 3 heteroatoms. The Bertz CT molecular complexity index is 2260. The first-order valence-corrected chi connectivity index (χ1v) is 18.5. The molecule has 0 aliphatic heterocycles. The van der Waals surface area contributed by atoms with Crippen molar-refractivity contribution in [3.63, 3.8) is 0 Å². The second-order valence-electron chi connectivity index (χ2n) is 13.5. The van der Waals surface area contributed by atoms with Crippen molar-refractivity contribution in [2.24, 2.45) is 0 Å². The molecule has 0 amide bonds. The Morgan fingerprint density at radius 3 is 1.53 bits per heavy atom. The van der Waals surface area contributed by atoms with Crippen LogP contribution >= 0.6 is 10.0 Å². The van der Waals surface area contributed by atoms with E-state index < -0.39 is 10.0 Å². The highest BCUT2D eigenvalue weighted by Crippen LogP contribution is 2.73. The normalized spacial score (nSPS) is 12.3. The zero-order valence-corrected chi connectivity index (χ0v) is 28.9. The standard InChI is InChI=1S/C46H39NOS/c1-46(2,3)35-25-27-36(28-26-35)47-43-32-34(31-42-41-21-13-14-22-44(41)48-45(42)43)33-23-29-40(30-24-33)49(37-15-7-4-8-16-37,38-17-9-5-10-18-38)39-19-11-6-12-20-39/h4-32,47H,1-3H3. The number of hydrogen-bond donors (Lipinski definition) is 1. The van der Waals surface area contributed by atoms with Crippen LogP contribution in [0.3, 0.4) is 0 Å². The molecule has 0 fully saturated rings. The molecular weight excluding hydrogens is 615 g/mol. The minimum atomic E-state index is -1.76. The van der Waals surface area contributed by atoms with E-state index in [2.05, 4.69) is 190 Å². The highest BCUT2D eigenvalue weighted by Gasteiger charge is 2.33. The van der Waals surface area contributed by atoms with E-state index in [0.717, 1.165) is 44.4 Å². The van der Waals surface area contributed by atoms with Crippen LogP contribution in [0.5, 0.6) is 0 Å². The van der Waals surface area contributed by atoms with Gasteiger partial charge in [-0.2, -0.15) is 0 Å². The van der Waals surface area contributed by atoms with Crippen molar-refractivity contribution in [3.05, 3.63) is 181 Å². The van der Waals surface area contributed by atoms with Gasteiger partial charge in [0.1, 0.15) is 5.58 Å². The number of fused-ring (bicyclic) bond motifs is 3. The summed E-state index contributed by atoms with van der Waals surface area (Å²) < 4.78 is 6.48. The smallest absolute Gasteiger partial charge is 0.158 e. The average Bonchev–Trinajstić information content (AvgIpc) is 3.53. The third-order valence-corrected chi connectivity index (χ3v) is 13.3. The zero-order valence-electron chi connectivity index (χ0n) is 28.1. The lowest BCUT2D eigenvalue weighted by Crippen LogP contribution is -2.10. The maximum atomic E-state index is 6.48. The molecule has 8 rings (SSSR count). The fourth-order valence-corrected chi connectivity index (χ4v) is 10.7. The Morgan fingerprint density at radius 1 is 0.469 bits per heavy atom. The lowest BCUT2D eigenvalue weighted by Gasteiger charge is -2.42. The van der Waals surface area contributed by atoms with Gasteiger partial charge in [-0.25, -0.2) is 0 Å². The first-order valence-electron chi connectivity index (χ1n) is 16.8. The van der Waals surface area contributed by atoms with E-state index >= 15 is 0 Å². The van der Waals surface area contributed by atoms with E-state index in [4.69, 9.17) is 4.42 Å². The monoisotopic (exact) mass is 653 g/mol. The van der Waals surface area contributed by atoms with Crippen LogP contribution in [0.1, 0.15) is 26.3 Å². The van der Waals surface area contributed by atoms with Gasteiger partial charge < -0.3 is 9.73 Å². The highest BCUT2D eigenvalue weighted by atomic mass is 32.3. The van der Waals surface area contributed by atoms with Crippen molar-refractivity contribution in [2.45, 2.75) is 45.8 Å². The molecule has 1 aromatic heterocycles. The van der Waals surface area contributed by atoms with Crippen molar-refractivity contribution in [3.8, 4) is 11.1 Å². The van der Waals surface area contributed by atoms with E-state index in [9.17, 15) is 0 Å². The van der Waals surface area contributed by atoms with Crippen LogP contribution < -0.4 is 5.32 Å². The van der Waals surface area contributed by atoms with Gasteiger partial charge in [0, 0.05) is 36.0 Å². The Morgan fingerprint density at radius 2 is 0.980 bits per heavy atom. The molecule has 1 N–H and O–H groups in total. The van der Waals surface area contributed by atoms with Gasteiger partial charge in [-0.05, 0) is 101 Å². The first-order chi connectivity index (χ1) is 23.9. The third-order valence-electron chi connectivity index (χ3n) is 9.34. The van der Waals surface area contributed by atoms with Gasteiger partial charge in [-0.1, -0.05) is 118 Å². The molecule has 7 aromatic carbocycles. The number of anilines is 2. The lowest BCUT2D eigenvalue weighted by atomic mass is 9.87. The Balaban J connectivity index is 1.28. The molecular formula is C46H39NOS. The highest BCUT2D eigenvalue weighted by molar-refractivity contribution is 8.34. The summed E-state index contributed by atoms with van der Waals surface area (Å²) >= 11 is 0. The van der Waals surface area contributed by atoms with Crippen LogP contribution in [0.15, 0.2) is 200 Å². The van der Waals surface area contributed by atoms with Gasteiger partial charge in [0.25, 0.3) is 0 Å². The van der Waals surface area contributed by atoms with Crippen LogP contribution in [0.25, 0.3) is 33.1 Å². The molecule has 1 heterocycles. The van der Waals surface area contributed by atoms with E-state index in [1.54, 1.807) is 0 Å². The maximum absolute atomic E-state index is 6.48. The summed E-state index contributed by atoms with van der Waals surface area (Å²) in [5.41, 5.74) is 7.43. The van der Waals surface area contributed by atoms with E-state index in [1.165, 1.54) is 25.1 Å². The second kappa shape index (κ2) is 12.5. The SMILES string of the molecule is CC(C)(C)c1ccc(Nc2cc(-c3ccc(S(c4ccccc4)(c4ccccc4)c4ccccc4)cc3)cc3c2oc2ccccc23)cc1. The summed E-state index contributed by atoms with van der Waals surface area (Å²) in [5.74, 6) is 0. The molecule has 0 unspecified atom stereocenters. The molecule has 0 radical (unpaired) electrons. The second-order valence-corrected chi connectivity index (χ2v) is 16.6. The van der Waals surface area contributed by atoms with Crippen LogP contribution in [0.2, 0.25) is 0 Å². The number of rotatable bonds is 7. The Hall–Kier alpha value is -5.51. The molecule has 240 valence electrons. The van der Waals surface area contributed by atoms with Crippen LogP contribution in [0.4, 0.5) is 11.4 Å². The van der Waals surface area contributed by atoms with Crippen LogP contribution in [-0.2, 0) is 5.41 Å². The van der Waals surface area contributed by atoms with Gasteiger partial charge >= 0.3 is 0 Å².